The highest BCUT2D eigenvalue weighted by Crippen LogP contribution is 2.25. The largest absolute Gasteiger partial charge is 0.296 e. The summed E-state index contributed by atoms with van der Waals surface area (Å²) >= 11 is 1.24. The van der Waals surface area contributed by atoms with Crippen molar-refractivity contribution in [3.05, 3.63) is 63.6 Å². The average molecular weight is 316 g/mol. The van der Waals surface area contributed by atoms with Crippen molar-refractivity contribution >= 4 is 22.4 Å². The molecular formula is C14H9FN4O2S. The lowest BCUT2D eigenvalue weighted by Gasteiger charge is -1.99. The number of hydrogen-bond acceptors (Lipinski definition) is 5. The van der Waals surface area contributed by atoms with E-state index in [2.05, 4.69) is 20.5 Å². The topological polar surface area (TPSA) is 87.7 Å². The van der Waals surface area contributed by atoms with Gasteiger partial charge in [0.05, 0.1) is 5.69 Å². The first-order chi connectivity index (χ1) is 10.6. The van der Waals surface area contributed by atoms with Crippen LogP contribution in [-0.4, -0.2) is 21.1 Å². The van der Waals surface area contributed by atoms with Gasteiger partial charge in [-0.2, -0.15) is 5.10 Å². The fourth-order valence-electron chi connectivity index (χ4n) is 1.72. The Balaban J connectivity index is 1.76. The molecule has 2 heterocycles. The van der Waals surface area contributed by atoms with Gasteiger partial charge in [0.2, 0.25) is 0 Å². The SMILES string of the molecule is O=C(Nc1nc(-c2ccc(F)cc2)cs1)c1ccc(=O)[nH]n1. The van der Waals surface area contributed by atoms with Crippen LogP contribution >= 0.6 is 11.3 Å². The fourth-order valence-corrected chi connectivity index (χ4v) is 2.43. The molecule has 0 aliphatic rings. The lowest BCUT2D eigenvalue weighted by Crippen LogP contribution is -2.17. The zero-order valence-electron chi connectivity index (χ0n) is 11.0. The second-order valence-corrected chi connectivity index (χ2v) is 5.16. The molecule has 0 atom stereocenters. The molecule has 0 saturated carbocycles. The molecule has 3 aromatic rings. The van der Waals surface area contributed by atoms with Crippen molar-refractivity contribution in [1.29, 1.82) is 0 Å². The minimum atomic E-state index is -0.476. The van der Waals surface area contributed by atoms with E-state index in [4.69, 9.17) is 0 Å². The molecule has 0 unspecified atom stereocenters. The Morgan fingerprint density at radius 3 is 2.64 bits per heavy atom. The van der Waals surface area contributed by atoms with Gasteiger partial charge in [-0.3, -0.25) is 14.9 Å². The van der Waals surface area contributed by atoms with Gasteiger partial charge in [-0.1, -0.05) is 0 Å². The van der Waals surface area contributed by atoms with Crippen molar-refractivity contribution in [3.8, 4) is 11.3 Å². The van der Waals surface area contributed by atoms with Gasteiger partial charge in [0, 0.05) is 17.0 Å². The fraction of sp³-hybridized carbons (Fsp3) is 0. The van der Waals surface area contributed by atoms with Crippen LogP contribution in [0.25, 0.3) is 11.3 Å². The maximum Gasteiger partial charge on any atom is 0.277 e. The van der Waals surface area contributed by atoms with Gasteiger partial charge in [0.15, 0.2) is 5.13 Å². The van der Waals surface area contributed by atoms with E-state index in [1.165, 1.54) is 35.6 Å². The van der Waals surface area contributed by atoms with E-state index in [1.807, 2.05) is 0 Å². The molecule has 0 fully saturated rings. The average Bonchev–Trinajstić information content (AvgIpc) is 2.97. The Hall–Kier alpha value is -2.87. The zero-order valence-corrected chi connectivity index (χ0v) is 11.9. The number of benzene rings is 1. The Labute approximate surface area is 127 Å². The Morgan fingerprint density at radius 1 is 1.18 bits per heavy atom. The Morgan fingerprint density at radius 2 is 1.95 bits per heavy atom. The monoisotopic (exact) mass is 316 g/mol. The number of rotatable bonds is 3. The van der Waals surface area contributed by atoms with Gasteiger partial charge < -0.3 is 0 Å². The quantitative estimate of drug-likeness (QED) is 0.776. The maximum atomic E-state index is 12.9. The summed E-state index contributed by atoms with van der Waals surface area (Å²) in [6.45, 7) is 0. The predicted molar refractivity (Wildman–Crippen MR) is 80.3 cm³/mol. The molecule has 8 heteroatoms. The number of hydrogen-bond donors (Lipinski definition) is 2. The molecule has 2 aromatic heterocycles. The minimum Gasteiger partial charge on any atom is -0.296 e. The number of amides is 1. The summed E-state index contributed by atoms with van der Waals surface area (Å²) in [5, 5.41) is 10.5. The number of anilines is 1. The van der Waals surface area contributed by atoms with E-state index >= 15 is 0 Å². The Bertz CT molecular complexity index is 853. The molecule has 0 aliphatic carbocycles. The van der Waals surface area contributed by atoms with Crippen molar-refractivity contribution < 1.29 is 9.18 Å². The summed E-state index contributed by atoms with van der Waals surface area (Å²) in [5.41, 5.74) is 1.08. The molecule has 110 valence electrons. The van der Waals surface area contributed by atoms with Crippen LogP contribution in [0, 0.1) is 5.82 Å². The zero-order chi connectivity index (χ0) is 15.5. The van der Waals surface area contributed by atoms with Crippen LogP contribution in [0.5, 0.6) is 0 Å². The number of nitrogens with zero attached hydrogens (tertiary/aromatic N) is 2. The number of thiazole rings is 1. The number of H-pyrrole nitrogens is 1. The molecular weight excluding hydrogens is 307 g/mol. The summed E-state index contributed by atoms with van der Waals surface area (Å²) in [5.74, 6) is -0.798. The van der Waals surface area contributed by atoms with Crippen molar-refractivity contribution in [3.63, 3.8) is 0 Å². The molecule has 3 rings (SSSR count). The van der Waals surface area contributed by atoms with Crippen LogP contribution in [0.3, 0.4) is 0 Å². The van der Waals surface area contributed by atoms with Crippen LogP contribution in [0.1, 0.15) is 10.5 Å². The van der Waals surface area contributed by atoms with Gasteiger partial charge >= 0.3 is 0 Å². The van der Waals surface area contributed by atoms with Gasteiger partial charge in [-0.05, 0) is 30.3 Å². The van der Waals surface area contributed by atoms with Crippen molar-refractivity contribution in [2.75, 3.05) is 5.32 Å². The van der Waals surface area contributed by atoms with E-state index in [1.54, 1.807) is 17.5 Å². The third kappa shape index (κ3) is 3.07. The highest BCUT2D eigenvalue weighted by molar-refractivity contribution is 7.14. The highest BCUT2D eigenvalue weighted by atomic mass is 32.1. The molecule has 2 N–H and O–H groups in total. The third-order valence-corrected chi connectivity index (χ3v) is 3.53. The van der Waals surface area contributed by atoms with Crippen LogP contribution in [-0.2, 0) is 0 Å². The van der Waals surface area contributed by atoms with Crippen molar-refractivity contribution in [2.24, 2.45) is 0 Å². The van der Waals surface area contributed by atoms with E-state index in [-0.39, 0.29) is 17.1 Å². The first-order valence-electron chi connectivity index (χ1n) is 6.20. The number of aromatic nitrogens is 3. The molecule has 1 amide bonds. The summed E-state index contributed by atoms with van der Waals surface area (Å²) in [6.07, 6.45) is 0. The van der Waals surface area contributed by atoms with E-state index < -0.39 is 5.91 Å². The van der Waals surface area contributed by atoms with Gasteiger partial charge in [0.25, 0.3) is 11.5 Å². The maximum absolute atomic E-state index is 12.9. The number of carbonyl (C=O) groups is 1. The van der Waals surface area contributed by atoms with E-state index in [0.29, 0.717) is 10.8 Å². The van der Waals surface area contributed by atoms with E-state index in [0.717, 1.165) is 5.56 Å². The van der Waals surface area contributed by atoms with Gasteiger partial charge in [0.1, 0.15) is 11.5 Å². The lowest BCUT2D eigenvalue weighted by atomic mass is 10.2. The summed E-state index contributed by atoms with van der Waals surface area (Å²) in [7, 11) is 0. The molecule has 0 saturated heterocycles. The summed E-state index contributed by atoms with van der Waals surface area (Å²) in [4.78, 5) is 27.1. The first kappa shape index (κ1) is 14.1. The number of halogens is 1. The number of nitrogens with one attached hydrogen (secondary N) is 2. The van der Waals surface area contributed by atoms with Crippen LogP contribution in [0.2, 0.25) is 0 Å². The highest BCUT2D eigenvalue weighted by Gasteiger charge is 2.11. The molecule has 0 bridgehead atoms. The van der Waals surface area contributed by atoms with Crippen LogP contribution in [0.15, 0.2) is 46.6 Å². The molecule has 0 aliphatic heterocycles. The standard InChI is InChI=1S/C14H9FN4O2S/c15-9-3-1-8(2-4-9)11-7-22-14(16-11)17-13(21)10-5-6-12(20)19-18-10/h1-7H,(H,19,20)(H,16,17,21). The van der Waals surface area contributed by atoms with Crippen LogP contribution in [0.4, 0.5) is 9.52 Å². The molecule has 6 nitrogen and oxygen atoms in total. The second kappa shape index (κ2) is 5.86. The normalized spacial score (nSPS) is 10.4. The third-order valence-electron chi connectivity index (χ3n) is 2.78. The van der Waals surface area contributed by atoms with Crippen LogP contribution < -0.4 is 10.9 Å². The van der Waals surface area contributed by atoms with Crippen molar-refractivity contribution in [2.45, 2.75) is 0 Å². The minimum absolute atomic E-state index is 0.0816. The van der Waals surface area contributed by atoms with E-state index in [9.17, 15) is 14.0 Å². The number of carbonyl (C=O) groups excluding carboxylic acids is 1. The molecule has 0 radical (unpaired) electrons. The number of aromatic amines is 1. The molecule has 0 spiro atoms. The summed E-state index contributed by atoms with van der Waals surface area (Å²) < 4.78 is 12.9. The molecule has 22 heavy (non-hydrogen) atoms. The predicted octanol–water partition coefficient (Wildman–Crippen LogP) is 2.28. The smallest absolute Gasteiger partial charge is 0.277 e. The lowest BCUT2D eigenvalue weighted by molar-refractivity contribution is 0.102. The second-order valence-electron chi connectivity index (χ2n) is 4.31. The van der Waals surface area contributed by atoms with Gasteiger partial charge in [-0.25, -0.2) is 14.5 Å². The van der Waals surface area contributed by atoms with Gasteiger partial charge in [-0.15, -0.1) is 11.3 Å². The Kier molecular flexibility index (Phi) is 3.75. The van der Waals surface area contributed by atoms with Crippen molar-refractivity contribution in [1.82, 2.24) is 15.2 Å². The molecule has 1 aromatic carbocycles. The first-order valence-corrected chi connectivity index (χ1v) is 7.08. The summed E-state index contributed by atoms with van der Waals surface area (Å²) in [6, 6.07) is 8.45.